The molecule has 1 N–H and O–H groups in total. The van der Waals surface area contributed by atoms with Crippen LogP contribution >= 0.6 is 0 Å². The van der Waals surface area contributed by atoms with Crippen molar-refractivity contribution in [1.29, 1.82) is 0 Å². The standard InChI is InChI=1S/C15H24O/c16-15-13(11-5-1-2-6-11)9-10-14(15)12-7-3-4-8-12/h11,13,15-16H,1-10H2. The average Bonchev–Trinajstić information content (AvgIpc) is 2.96. The Kier molecular flexibility index (Phi) is 3.06. The maximum atomic E-state index is 10.5. The third-order valence-electron chi connectivity index (χ3n) is 5.18. The van der Waals surface area contributed by atoms with Gasteiger partial charge >= 0.3 is 0 Å². The minimum absolute atomic E-state index is 0.0591. The lowest BCUT2D eigenvalue weighted by Gasteiger charge is -2.22. The number of allylic oxidation sites excluding steroid dienone is 1. The molecule has 3 rings (SSSR count). The summed E-state index contributed by atoms with van der Waals surface area (Å²) in [5.41, 5.74) is 3.10. The molecule has 0 saturated heterocycles. The number of hydrogen-bond acceptors (Lipinski definition) is 1. The van der Waals surface area contributed by atoms with Crippen molar-refractivity contribution in [2.24, 2.45) is 11.8 Å². The molecule has 3 fully saturated rings. The van der Waals surface area contributed by atoms with Gasteiger partial charge in [0.25, 0.3) is 0 Å². The number of hydrogen-bond donors (Lipinski definition) is 1. The molecular weight excluding hydrogens is 196 g/mol. The summed E-state index contributed by atoms with van der Waals surface area (Å²) in [5, 5.41) is 10.5. The van der Waals surface area contributed by atoms with Gasteiger partial charge in [0.2, 0.25) is 0 Å². The Morgan fingerprint density at radius 1 is 0.812 bits per heavy atom. The molecule has 3 aliphatic carbocycles. The average molecular weight is 220 g/mol. The summed E-state index contributed by atoms with van der Waals surface area (Å²) < 4.78 is 0. The molecule has 3 saturated carbocycles. The van der Waals surface area contributed by atoms with Gasteiger partial charge in [-0.2, -0.15) is 0 Å². The molecule has 2 atom stereocenters. The van der Waals surface area contributed by atoms with Crippen molar-refractivity contribution in [1.82, 2.24) is 0 Å². The molecule has 1 heteroatoms. The van der Waals surface area contributed by atoms with Gasteiger partial charge in [-0.15, -0.1) is 0 Å². The topological polar surface area (TPSA) is 20.2 Å². The van der Waals surface area contributed by atoms with Gasteiger partial charge in [-0.1, -0.05) is 31.3 Å². The van der Waals surface area contributed by atoms with E-state index in [0.29, 0.717) is 5.92 Å². The maximum absolute atomic E-state index is 10.5. The van der Waals surface area contributed by atoms with Gasteiger partial charge < -0.3 is 5.11 Å². The van der Waals surface area contributed by atoms with Crippen LogP contribution in [0.4, 0.5) is 0 Å². The second-order valence-electron chi connectivity index (χ2n) is 6.03. The van der Waals surface area contributed by atoms with Crippen LogP contribution in [0.5, 0.6) is 0 Å². The zero-order valence-electron chi connectivity index (χ0n) is 10.3. The predicted octanol–water partition coefficient (Wildman–Crippen LogP) is 3.82. The summed E-state index contributed by atoms with van der Waals surface area (Å²) in [6.07, 6.45) is 13.3. The summed E-state index contributed by atoms with van der Waals surface area (Å²) in [4.78, 5) is 0. The van der Waals surface area contributed by atoms with E-state index in [9.17, 15) is 5.11 Å². The van der Waals surface area contributed by atoms with E-state index in [1.165, 1.54) is 69.8 Å². The summed E-state index contributed by atoms with van der Waals surface area (Å²) in [6, 6.07) is 0. The van der Waals surface area contributed by atoms with Crippen LogP contribution in [0.1, 0.15) is 64.2 Å². The zero-order valence-corrected chi connectivity index (χ0v) is 10.3. The highest BCUT2D eigenvalue weighted by Gasteiger charge is 2.38. The molecule has 0 aliphatic heterocycles. The van der Waals surface area contributed by atoms with Crippen LogP contribution in [0.15, 0.2) is 11.1 Å². The first-order valence-corrected chi connectivity index (χ1v) is 7.25. The minimum atomic E-state index is -0.0591. The van der Waals surface area contributed by atoms with E-state index in [2.05, 4.69) is 0 Å². The smallest absolute Gasteiger partial charge is 0.0783 e. The monoisotopic (exact) mass is 220 g/mol. The second-order valence-corrected chi connectivity index (χ2v) is 6.03. The first-order chi connectivity index (χ1) is 7.86. The normalized spacial score (nSPS) is 36.6. The molecule has 0 radical (unpaired) electrons. The van der Waals surface area contributed by atoms with Crippen molar-refractivity contribution >= 4 is 0 Å². The van der Waals surface area contributed by atoms with E-state index in [1.54, 1.807) is 5.57 Å². The molecule has 0 aromatic rings. The van der Waals surface area contributed by atoms with Gasteiger partial charge in [-0.3, -0.25) is 0 Å². The van der Waals surface area contributed by atoms with Gasteiger partial charge in [-0.25, -0.2) is 0 Å². The highest BCUT2D eigenvalue weighted by Crippen LogP contribution is 2.45. The van der Waals surface area contributed by atoms with Crippen LogP contribution in [0.2, 0.25) is 0 Å². The van der Waals surface area contributed by atoms with Crippen LogP contribution in [0.25, 0.3) is 0 Å². The van der Waals surface area contributed by atoms with Crippen molar-refractivity contribution in [3.63, 3.8) is 0 Å². The lowest BCUT2D eigenvalue weighted by molar-refractivity contribution is 0.123. The van der Waals surface area contributed by atoms with Crippen molar-refractivity contribution in [2.75, 3.05) is 0 Å². The lowest BCUT2D eigenvalue weighted by Crippen LogP contribution is -2.22. The third kappa shape index (κ3) is 1.84. The van der Waals surface area contributed by atoms with E-state index in [0.717, 1.165) is 5.92 Å². The summed E-state index contributed by atoms with van der Waals surface area (Å²) in [6.45, 7) is 0. The van der Waals surface area contributed by atoms with E-state index >= 15 is 0 Å². The molecule has 90 valence electrons. The minimum Gasteiger partial charge on any atom is -0.388 e. The summed E-state index contributed by atoms with van der Waals surface area (Å²) >= 11 is 0. The maximum Gasteiger partial charge on any atom is 0.0783 e. The Hall–Kier alpha value is -0.300. The molecule has 0 bridgehead atoms. The van der Waals surface area contributed by atoms with Gasteiger partial charge in [0.1, 0.15) is 0 Å². The second kappa shape index (κ2) is 4.52. The van der Waals surface area contributed by atoms with Crippen molar-refractivity contribution in [3.05, 3.63) is 11.1 Å². The Morgan fingerprint density at radius 3 is 2.19 bits per heavy atom. The summed E-state index contributed by atoms with van der Waals surface area (Å²) in [7, 11) is 0. The Balaban J connectivity index is 1.73. The highest BCUT2D eigenvalue weighted by molar-refractivity contribution is 5.25. The van der Waals surface area contributed by atoms with E-state index in [4.69, 9.17) is 0 Å². The quantitative estimate of drug-likeness (QED) is 0.666. The van der Waals surface area contributed by atoms with Crippen LogP contribution in [-0.2, 0) is 0 Å². The van der Waals surface area contributed by atoms with Gasteiger partial charge in [0.05, 0.1) is 6.10 Å². The zero-order chi connectivity index (χ0) is 11.0. The molecule has 0 heterocycles. The molecule has 0 aromatic heterocycles. The fraction of sp³-hybridized carbons (Fsp3) is 0.867. The SMILES string of the molecule is OC1C(=C2CCCC2)CCC1C1CCCC1. The largest absolute Gasteiger partial charge is 0.388 e. The van der Waals surface area contributed by atoms with Gasteiger partial charge in [0.15, 0.2) is 0 Å². The molecule has 16 heavy (non-hydrogen) atoms. The molecule has 0 amide bonds. The number of rotatable bonds is 1. The van der Waals surface area contributed by atoms with Gasteiger partial charge in [-0.05, 0) is 55.9 Å². The molecule has 1 nitrogen and oxygen atoms in total. The van der Waals surface area contributed by atoms with Crippen molar-refractivity contribution < 1.29 is 5.11 Å². The predicted molar refractivity (Wildman–Crippen MR) is 66.2 cm³/mol. The fourth-order valence-corrected chi connectivity index (χ4v) is 4.27. The van der Waals surface area contributed by atoms with Crippen LogP contribution < -0.4 is 0 Å². The molecule has 0 aromatic carbocycles. The number of aliphatic hydroxyl groups is 1. The van der Waals surface area contributed by atoms with Crippen LogP contribution in [-0.4, -0.2) is 11.2 Å². The van der Waals surface area contributed by atoms with Crippen LogP contribution in [0, 0.1) is 11.8 Å². The highest BCUT2D eigenvalue weighted by atomic mass is 16.3. The molecule has 3 aliphatic rings. The first-order valence-electron chi connectivity index (χ1n) is 7.25. The lowest BCUT2D eigenvalue weighted by atomic mass is 9.87. The van der Waals surface area contributed by atoms with Crippen molar-refractivity contribution in [2.45, 2.75) is 70.3 Å². The molecule has 2 unspecified atom stereocenters. The third-order valence-corrected chi connectivity index (χ3v) is 5.18. The first kappa shape index (κ1) is 10.8. The van der Waals surface area contributed by atoms with E-state index in [1.807, 2.05) is 0 Å². The summed E-state index contributed by atoms with van der Waals surface area (Å²) in [5.74, 6) is 1.46. The van der Waals surface area contributed by atoms with Gasteiger partial charge in [0, 0.05) is 0 Å². The fourth-order valence-electron chi connectivity index (χ4n) is 4.27. The van der Waals surface area contributed by atoms with Crippen molar-refractivity contribution in [3.8, 4) is 0 Å². The van der Waals surface area contributed by atoms with E-state index in [-0.39, 0.29) is 6.10 Å². The Bertz CT molecular complexity index is 278. The molecule has 0 spiro atoms. The van der Waals surface area contributed by atoms with E-state index < -0.39 is 0 Å². The Morgan fingerprint density at radius 2 is 1.50 bits per heavy atom. The number of aliphatic hydroxyl groups excluding tert-OH is 1. The van der Waals surface area contributed by atoms with Crippen LogP contribution in [0.3, 0.4) is 0 Å². The molecular formula is C15H24O. The Labute approximate surface area is 98.9 Å².